The number of nitrogens with one attached hydrogen (secondary N) is 1. The Bertz CT molecular complexity index is 527. The summed E-state index contributed by atoms with van der Waals surface area (Å²) in [6.45, 7) is 3.56. The second-order valence-corrected chi connectivity index (χ2v) is 3.76. The standard InChI is InChI=1S/C13H14N2O3/c1-10-6-5-8-12(13(10)15(17)18)7-3-4-9-14-11(2)16/h5-6,8H,4,9H2,1-2H3,(H,14,16). The largest absolute Gasteiger partial charge is 0.355 e. The van der Waals surface area contributed by atoms with Crippen LogP contribution in [-0.2, 0) is 4.79 Å². The topological polar surface area (TPSA) is 72.2 Å². The molecule has 0 unspecified atom stereocenters. The molecule has 1 N–H and O–H groups in total. The summed E-state index contributed by atoms with van der Waals surface area (Å²) in [4.78, 5) is 21.1. The minimum absolute atomic E-state index is 0.0459. The Balaban J connectivity index is 2.79. The van der Waals surface area contributed by atoms with Gasteiger partial charge in [0.25, 0.3) is 5.69 Å². The lowest BCUT2D eigenvalue weighted by atomic mass is 10.1. The maximum Gasteiger partial charge on any atom is 0.287 e. The van der Waals surface area contributed by atoms with Crippen molar-refractivity contribution in [2.45, 2.75) is 20.3 Å². The Morgan fingerprint density at radius 3 is 2.83 bits per heavy atom. The van der Waals surface area contributed by atoms with Gasteiger partial charge in [-0.15, -0.1) is 0 Å². The van der Waals surface area contributed by atoms with Crippen LogP contribution in [0.15, 0.2) is 18.2 Å². The number of aryl methyl sites for hydroxylation is 1. The van der Waals surface area contributed by atoms with E-state index in [4.69, 9.17) is 0 Å². The molecule has 1 amide bonds. The molecule has 0 fully saturated rings. The summed E-state index contributed by atoms with van der Waals surface area (Å²) >= 11 is 0. The van der Waals surface area contributed by atoms with E-state index in [2.05, 4.69) is 17.2 Å². The molecule has 0 saturated heterocycles. The van der Waals surface area contributed by atoms with Crippen molar-refractivity contribution in [3.8, 4) is 11.8 Å². The minimum atomic E-state index is -0.423. The van der Waals surface area contributed by atoms with Crippen LogP contribution in [0.3, 0.4) is 0 Å². The summed E-state index contributed by atoms with van der Waals surface area (Å²) in [7, 11) is 0. The third-order valence-corrected chi connectivity index (χ3v) is 2.27. The number of nitrogens with zero attached hydrogens (tertiary/aromatic N) is 1. The van der Waals surface area contributed by atoms with Crippen LogP contribution in [0.4, 0.5) is 5.69 Å². The van der Waals surface area contributed by atoms with Gasteiger partial charge >= 0.3 is 0 Å². The highest BCUT2D eigenvalue weighted by Gasteiger charge is 2.14. The number of nitro groups is 1. The third kappa shape index (κ3) is 3.91. The van der Waals surface area contributed by atoms with E-state index in [1.54, 1.807) is 25.1 Å². The summed E-state index contributed by atoms with van der Waals surface area (Å²) in [5.74, 6) is 5.46. The number of para-hydroxylation sites is 1. The molecule has 0 atom stereocenters. The van der Waals surface area contributed by atoms with E-state index in [-0.39, 0.29) is 11.6 Å². The van der Waals surface area contributed by atoms with Gasteiger partial charge in [-0.25, -0.2) is 0 Å². The number of hydrogen-bond acceptors (Lipinski definition) is 3. The molecular weight excluding hydrogens is 232 g/mol. The Labute approximate surface area is 105 Å². The molecule has 0 spiro atoms. The molecule has 0 bridgehead atoms. The number of rotatable bonds is 3. The smallest absolute Gasteiger partial charge is 0.287 e. The van der Waals surface area contributed by atoms with Crippen molar-refractivity contribution < 1.29 is 9.72 Å². The van der Waals surface area contributed by atoms with Gasteiger partial charge in [0.15, 0.2) is 0 Å². The number of carbonyl (C=O) groups excluding carboxylic acids is 1. The monoisotopic (exact) mass is 246 g/mol. The van der Waals surface area contributed by atoms with Gasteiger partial charge in [-0.1, -0.05) is 24.0 Å². The van der Waals surface area contributed by atoms with Gasteiger partial charge in [0.2, 0.25) is 5.91 Å². The summed E-state index contributed by atoms with van der Waals surface area (Å²) in [6, 6.07) is 5.04. The van der Waals surface area contributed by atoms with Crippen molar-refractivity contribution in [1.29, 1.82) is 0 Å². The van der Waals surface area contributed by atoms with E-state index in [0.29, 0.717) is 24.1 Å². The lowest BCUT2D eigenvalue weighted by Crippen LogP contribution is -2.20. The van der Waals surface area contributed by atoms with Crippen LogP contribution in [0.25, 0.3) is 0 Å². The molecule has 1 aromatic rings. The van der Waals surface area contributed by atoms with Crippen LogP contribution in [0.1, 0.15) is 24.5 Å². The van der Waals surface area contributed by atoms with Gasteiger partial charge in [-0.05, 0) is 13.0 Å². The first kappa shape index (κ1) is 13.7. The fourth-order valence-electron chi connectivity index (χ4n) is 1.46. The number of carbonyl (C=O) groups is 1. The summed E-state index contributed by atoms with van der Waals surface area (Å²) in [6.07, 6.45) is 0.463. The number of hydrogen-bond donors (Lipinski definition) is 1. The lowest BCUT2D eigenvalue weighted by Gasteiger charge is -1.99. The fraction of sp³-hybridized carbons (Fsp3) is 0.308. The first-order valence-electron chi connectivity index (χ1n) is 5.49. The highest BCUT2D eigenvalue weighted by Crippen LogP contribution is 2.21. The molecule has 0 heterocycles. The average Bonchev–Trinajstić information content (AvgIpc) is 2.27. The number of amides is 1. The van der Waals surface area contributed by atoms with Crippen LogP contribution in [0.5, 0.6) is 0 Å². The Morgan fingerprint density at radius 2 is 2.22 bits per heavy atom. The Morgan fingerprint density at radius 1 is 1.50 bits per heavy atom. The molecule has 5 heteroatoms. The first-order valence-corrected chi connectivity index (χ1v) is 5.49. The van der Waals surface area contributed by atoms with E-state index in [1.807, 2.05) is 0 Å². The minimum Gasteiger partial charge on any atom is -0.355 e. The molecule has 0 radical (unpaired) electrons. The molecule has 1 aromatic carbocycles. The maximum absolute atomic E-state index is 10.9. The second kappa shape index (κ2) is 6.40. The van der Waals surface area contributed by atoms with Crippen LogP contribution in [0, 0.1) is 28.9 Å². The third-order valence-electron chi connectivity index (χ3n) is 2.27. The normalized spacial score (nSPS) is 9.22. The van der Waals surface area contributed by atoms with E-state index in [0.717, 1.165) is 0 Å². The van der Waals surface area contributed by atoms with Crippen molar-refractivity contribution in [2.24, 2.45) is 0 Å². The van der Waals surface area contributed by atoms with Crippen LogP contribution < -0.4 is 5.32 Å². The number of benzene rings is 1. The Kier molecular flexibility index (Phi) is 4.88. The Hall–Kier alpha value is -2.35. The van der Waals surface area contributed by atoms with Crippen molar-refractivity contribution in [1.82, 2.24) is 5.32 Å². The second-order valence-electron chi connectivity index (χ2n) is 3.76. The quantitative estimate of drug-likeness (QED) is 0.382. The van der Waals surface area contributed by atoms with E-state index in [9.17, 15) is 14.9 Å². The fourth-order valence-corrected chi connectivity index (χ4v) is 1.46. The number of nitro benzene ring substituents is 1. The highest BCUT2D eigenvalue weighted by atomic mass is 16.6. The molecule has 0 saturated carbocycles. The van der Waals surface area contributed by atoms with Gasteiger partial charge in [0.1, 0.15) is 5.56 Å². The zero-order valence-electron chi connectivity index (χ0n) is 10.3. The molecule has 1 rings (SSSR count). The summed E-state index contributed by atoms with van der Waals surface area (Å²) in [5.41, 5.74) is 1.04. The van der Waals surface area contributed by atoms with Crippen molar-refractivity contribution in [2.75, 3.05) is 6.54 Å². The predicted octanol–water partition coefficient (Wildman–Crippen LogP) is 1.78. The average molecular weight is 246 g/mol. The zero-order valence-corrected chi connectivity index (χ0v) is 10.3. The van der Waals surface area contributed by atoms with Gasteiger partial charge in [-0.3, -0.25) is 14.9 Å². The predicted molar refractivity (Wildman–Crippen MR) is 68.0 cm³/mol. The molecule has 0 aliphatic rings. The highest BCUT2D eigenvalue weighted by molar-refractivity contribution is 5.72. The summed E-state index contributed by atoms with van der Waals surface area (Å²) in [5, 5.41) is 13.5. The molecule has 0 aliphatic carbocycles. The van der Waals surface area contributed by atoms with Crippen LogP contribution >= 0.6 is 0 Å². The van der Waals surface area contributed by atoms with Gasteiger partial charge in [0, 0.05) is 25.5 Å². The summed E-state index contributed by atoms with van der Waals surface area (Å²) < 4.78 is 0. The van der Waals surface area contributed by atoms with Crippen LogP contribution in [0.2, 0.25) is 0 Å². The zero-order chi connectivity index (χ0) is 13.5. The molecular formula is C13H14N2O3. The van der Waals surface area contributed by atoms with Crippen molar-refractivity contribution in [3.63, 3.8) is 0 Å². The first-order chi connectivity index (χ1) is 8.52. The lowest BCUT2D eigenvalue weighted by molar-refractivity contribution is -0.385. The van der Waals surface area contributed by atoms with E-state index < -0.39 is 4.92 Å². The maximum atomic E-state index is 10.9. The molecule has 94 valence electrons. The van der Waals surface area contributed by atoms with Crippen molar-refractivity contribution in [3.05, 3.63) is 39.4 Å². The molecule has 0 aromatic heterocycles. The van der Waals surface area contributed by atoms with E-state index >= 15 is 0 Å². The van der Waals surface area contributed by atoms with Gasteiger partial charge < -0.3 is 5.32 Å². The molecule has 0 aliphatic heterocycles. The van der Waals surface area contributed by atoms with Crippen LogP contribution in [-0.4, -0.2) is 17.4 Å². The molecule has 5 nitrogen and oxygen atoms in total. The van der Waals surface area contributed by atoms with Crippen molar-refractivity contribution >= 4 is 11.6 Å². The molecule has 18 heavy (non-hydrogen) atoms. The van der Waals surface area contributed by atoms with Gasteiger partial charge in [-0.2, -0.15) is 0 Å². The SMILES string of the molecule is CC(=O)NCCC#Cc1cccc(C)c1[N+](=O)[O-]. The van der Waals surface area contributed by atoms with Gasteiger partial charge in [0.05, 0.1) is 4.92 Å². The van der Waals surface area contributed by atoms with E-state index in [1.165, 1.54) is 6.92 Å².